The second-order valence-corrected chi connectivity index (χ2v) is 8.98. The van der Waals surface area contributed by atoms with E-state index in [2.05, 4.69) is 10.1 Å². The van der Waals surface area contributed by atoms with Gasteiger partial charge in [0, 0.05) is 37.3 Å². The van der Waals surface area contributed by atoms with Crippen molar-refractivity contribution in [3.05, 3.63) is 71.3 Å². The Kier molecular flexibility index (Phi) is 7.45. The second kappa shape index (κ2) is 10.5. The van der Waals surface area contributed by atoms with Gasteiger partial charge in [-0.2, -0.15) is 13.2 Å². The molecule has 0 unspecified atom stereocenters. The third kappa shape index (κ3) is 5.85. The fourth-order valence-corrected chi connectivity index (χ4v) is 4.21. The Morgan fingerprint density at radius 2 is 1.74 bits per heavy atom. The number of carbonyl (C=O) groups is 1. The molecule has 2 aromatic carbocycles. The lowest BCUT2D eigenvalue weighted by atomic mass is 10.1. The molecule has 0 bridgehead atoms. The van der Waals surface area contributed by atoms with Gasteiger partial charge in [-0.05, 0) is 45.1 Å². The van der Waals surface area contributed by atoms with Gasteiger partial charge < -0.3 is 19.2 Å². The topological polar surface area (TPSA) is 52.8 Å². The Morgan fingerprint density at radius 3 is 2.40 bits per heavy atom. The van der Waals surface area contributed by atoms with Gasteiger partial charge in [-0.25, -0.2) is 0 Å². The highest BCUT2D eigenvalue weighted by molar-refractivity contribution is 5.94. The zero-order valence-electron chi connectivity index (χ0n) is 19.9. The van der Waals surface area contributed by atoms with E-state index >= 15 is 0 Å². The van der Waals surface area contributed by atoms with Crippen LogP contribution in [0.4, 0.5) is 19.1 Å². The minimum atomic E-state index is -4.53. The molecule has 3 aromatic rings. The first-order chi connectivity index (χ1) is 16.7. The lowest BCUT2D eigenvalue weighted by Gasteiger charge is -2.26. The third-order valence-electron chi connectivity index (χ3n) is 6.10. The standard InChI is InChI=1S/C26H29F3N4O2/c1-31(2)15-16-33(24(34)20-11-8-12-21(17-20)26(27,28)29)18-22-23(19-9-4-3-5-10-19)30-35-25(22)32-13-6-7-14-32/h3-5,8-12,17H,6-7,13-16,18H2,1-2H3. The third-order valence-corrected chi connectivity index (χ3v) is 6.10. The van der Waals surface area contributed by atoms with Crippen molar-refractivity contribution in [2.45, 2.75) is 25.6 Å². The van der Waals surface area contributed by atoms with Gasteiger partial charge in [0.05, 0.1) is 17.7 Å². The summed E-state index contributed by atoms with van der Waals surface area (Å²) in [5.74, 6) is 0.151. The molecular weight excluding hydrogens is 457 g/mol. The molecule has 186 valence electrons. The molecule has 6 nitrogen and oxygen atoms in total. The van der Waals surface area contributed by atoms with Gasteiger partial charge >= 0.3 is 6.18 Å². The summed E-state index contributed by atoms with van der Waals surface area (Å²) in [4.78, 5) is 19.1. The highest BCUT2D eigenvalue weighted by atomic mass is 19.4. The van der Waals surface area contributed by atoms with Crippen molar-refractivity contribution in [1.29, 1.82) is 0 Å². The number of benzene rings is 2. The van der Waals surface area contributed by atoms with Gasteiger partial charge in [-0.15, -0.1) is 0 Å². The van der Waals surface area contributed by atoms with E-state index < -0.39 is 17.6 Å². The molecule has 0 radical (unpaired) electrons. The van der Waals surface area contributed by atoms with Crippen molar-refractivity contribution in [2.75, 3.05) is 45.2 Å². The molecular formula is C26H29F3N4O2. The van der Waals surface area contributed by atoms with E-state index in [0.29, 0.717) is 24.7 Å². The van der Waals surface area contributed by atoms with E-state index in [1.165, 1.54) is 12.1 Å². The first kappa shape index (κ1) is 24.8. The second-order valence-electron chi connectivity index (χ2n) is 8.98. The van der Waals surface area contributed by atoms with Gasteiger partial charge in [0.1, 0.15) is 5.69 Å². The monoisotopic (exact) mass is 486 g/mol. The average Bonchev–Trinajstić information content (AvgIpc) is 3.51. The van der Waals surface area contributed by atoms with Crippen LogP contribution in [0.2, 0.25) is 0 Å². The molecule has 1 aromatic heterocycles. The van der Waals surface area contributed by atoms with Crippen molar-refractivity contribution in [2.24, 2.45) is 0 Å². The molecule has 0 atom stereocenters. The van der Waals surface area contributed by atoms with E-state index in [1.54, 1.807) is 4.90 Å². The number of hydrogen-bond donors (Lipinski definition) is 0. The van der Waals surface area contributed by atoms with E-state index in [1.807, 2.05) is 49.3 Å². The summed E-state index contributed by atoms with van der Waals surface area (Å²) in [6.45, 7) is 2.71. The predicted octanol–water partition coefficient (Wildman–Crippen LogP) is 5.16. The molecule has 4 rings (SSSR count). The number of halogens is 3. The molecule has 9 heteroatoms. The number of likely N-dealkylation sites (N-methyl/N-ethyl adjacent to an activating group) is 1. The van der Waals surface area contributed by atoms with Gasteiger partial charge in [-0.3, -0.25) is 4.79 Å². The number of hydrogen-bond acceptors (Lipinski definition) is 5. The van der Waals surface area contributed by atoms with Gasteiger partial charge in [-0.1, -0.05) is 41.6 Å². The first-order valence-electron chi connectivity index (χ1n) is 11.6. The van der Waals surface area contributed by atoms with Crippen LogP contribution in [-0.4, -0.2) is 61.1 Å². The van der Waals surface area contributed by atoms with Crippen molar-refractivity contribution in [3.8, 4) is 11.3 Å². The molecule has 2 heterocycles. The highest BCUT2D eigenvalue weighted by Gasteiger charge is 2.32. The fraction of sp³-hybridized carbons (Fsp3) is 0.385. The molecule has 1 amide bonds. The number of carbonyl (C=O) groups excluding carboxylic acids is 1. The van der Waals surface area contributed by atoms with Crippen molar-refractivity contribution in [1.82, 2.24) is 15.0 Å². The van der Waals surface area contributed by atoms with Crippen LogP contribution in [0.3, 0.4) is 0 Å². The van der Waals surface area contributed by atoms with Crippen LogP contribution in [0.1, 0.15) is 34.3 Å². The molecule has 35 heavy (non-hydrogen) atoms. The van der Waals surface area contributed by atoms with Gasteiger partial charge in [0.2, 0.25) is 5.88 Å². The Balaban J connectivity index is 1.72. The van der Waals surface area contributed by atoms with E-state index in [9.17, 15) is 18.0 Å². The lowest BCUT2D eigenvalue weighted by molar-refractivity contribution is -0.137. The predicted molar refractivity (Wildman–Crippen MR) is 128 cm³/mol. The summed E-state index contributed by atoms with van der Waals surface area (Å²) < 4.78 is 45.7. The van der Waals surface area contributed by atoms with Crippen molar-refractivity contribution < 1.29 is 22.5 Å². The highest BCUT2D eigenvalue weighted by Crippen LogP contribution is 2.35. The van der Waals surface area contributed by atoms with Crippen LogP contribution in [-0.2, 0) is 12.7 Å². The largest absolute Gasteiger partial charge is 0.416 e. The minimum absolute atomic E-state index is 0.000908. The number of amides is 1. The van der Waals surface area contributed by atoms with Crippen LogP contribution in [0.15, 0.2) is 59.1 Å². The Morgan fingerprint density at radius 1 is 1.03 bits per heavy atom. The number of aromatic nitrogens is 1. The maximum absolute atomic E-state index is 13.5. The van der Waals surface area contributed by atoms with Crippen LogP contribution in [0.25, 0.3) is 11.3 Å². The molecule has 1 aliphatic rings. The molecule has 0 saturated carbocycles. The van der Waals surface area contributed by atoms with E-state index in [4.69, 9.17) is 4.52 Å². The summed E-state index contributed by atoms with van der Waals surface area (Å²) in [6.07, 6.45) is -2.45. The van der Waals surface area contributed by atoms with Crippen LogP contribution in [0.5, 0.6) is 0 Å². The molecule has 1 saturated heterocycles. The Hall–Kier alpha value is -3.33. The molecule has 1 fully saturated rings. The Bertz CT molecular complexity index is 1140. The minimum Gasteiger partial charge on any atom is -0.340 e. The zero-order chi connectivity index (χ0) is 25.0. The quantitative estimate of drug-likeness (QED) is 0.440. The molecule has 0 aliphatic carbocycles. The molecule has 0 N–H and O–H groups in total. The van der Waals surface area contributed by atoms with Gasteiger partial charge in [0.15, 0.2) is 0 Å². The van der Waals surface area contributed by atoms with Crippen molar-refractivity contribution in [3.63, 3.8) is 0 Å². The number of rotatable bonds is 8. The molecule has 0 spiro atoms. The van der Waals surface area contributed by atoms with Crippen LogP contribution >= 0.6 is 0 Å². The van der Waals surface area contributed by atoms with Crippen molar-refractivity contribution >= 4 is 11.8 Å². The van der Waals surface area contributed by atoms with Gasteiger partial charge in [0.25, 0.3) is 5.91 Å². The molecule has 1 aliphatic heterocycles. The van der Waals surface area contributed by atoms with Crippen LogP contribution < -0.4 is 4.90 Å². The summed E-state index contributed by atoms with van der Waals surface area (Å²) in [5, 5.41) is 4.34. The Labute approximate surface area is 202 Å². The zero-order valence-corrected chi connectivity index (χ0v) is 19.9. The smallest absolute Gasteiger partial charge is 0.340 e. The maximum atomic E-state index is 13.5. The summed E-state index contributed by atoms with van der Waals surface area (Å²) in [7, 11) is 3.77. The average molecular weight is 487 g/mol. The number of anilines is 1. The first-order valence-corrected chi connectivity index (χ1v) is 11.6. The summed E-state index contributed by atoms with van der Waals surface area (Å²) >= 11 is 0. The summed E-state index contributed by atoms with van der Waals surface area (Å²) in [6, 6.07) is 14.1. The lowest BCUT2D eigenvalue weighted by Crippen LogP contribution is -2.37. The van der Waals surface area contributed by atoms with Crippen LogP contribution in [0, 0.1) is 0 Å². The van der Waals surface area contributed by atoms with E-state index in [0.717, 1.165) is 49.2 Å². The fourth-order valence-electron chi connectivity index (χ4n) is 4.21. The maximum Gasteiger partial charge on any atom is 0.416 e. The van der Waals surface area contributed by atoms with E-state index in [-0.39, 0.29) is 12.1 Å². The number of alkyl halides is 3. The normalized spacial score (nSPS) is 14.1. The SMILES string of the molecule is CN(C)CCN(Cc1c(-c2ccccc2)noc1N1CCCC1)C(=O)c1cccc(C(F)(F)F)c1. The summed E-state index contributed by atoms with van der Waals surface area (Å²) in [5.41, 5.74) is 1.41. The number of nitrogens with zero attached hydrogens (tertiary/aromatic N) is 4.